The molecular weight excluding hydrogens is 725 g/mol. The number of fused-ring (bicyclic) bond motifs is 1. The summed E-state index contributed by atoms with van der Waals surface area (Å²) in [4.78, 5) is 32.3. The van der Waals surface area contributed by atoms with Gasteiger partial charge in [0.05, 0.1) is 18.9 Å². The minimum absolute atomic E-state index is 0. The summed E-state index contributed by atoms with van der Waals surface area (Å²) >= 11 is 12.2. The molecule has 2 amide bonds. The molecule has 0 bridgehead atoms. The first-order valence-corrected chi connectivity index (χ1v) is 18.5. The molecule has 5 rings (SSSR count). The van der Waals surface area contributed by atoms with Crippen LogP contribution in [0.2, 0.25) is 10.0 Å². The number of halogens is 2. The van der Waals surface area contributed by atoms with Gasteiger partial charge in [-0.15, -0.1) is 0 Å². The molecule has 10 nitrogen and oxygen atoms in total. The number of likely N-dealkylation sites (N-methyl/N-ethyl adjacent to an activating group) is 1. The number of hydrogen-bond acceptors (Lipinski definition) is 8. The molecule has 1 aliphatic rings. The number of rotatable bonds is 14. The molecule has 1 heterocycles. The zero-order valence-electron chi connectivity index (χ0n) is 31.9. The van der Waals surface area contributed by atoms with Gasteiger partial charge in [0.1, 0.15) is 28.4 Å². The Hall–Kier alpha value is -4.48. The van der Waals surface area contributed by atoms with Crippen LogP contribution in [0.15, 0.2) is 72.8 Å². The molecule has 0 radical (unpaired) electrons. The van der Waals surface area contributed by atoms with Crippen molar-refractivity contribution >= 4 is 52.1 Å². The van der Waals surface area contributed by atoms with Gasteiger partial charge in [0.2, 0.25) is 0 Å². The Morgan fingerprint density at radius 1 is 0.833 bits per heavy atom. The van der Waals surface area contributed by atoms with E-state index in [0.717, 1.165) is 42.1 Å². The van der Waals surface area contributed by atoms with Crippen molar-refractivity contribution in [3.63, 3.8) is 0 Å². The summed E-state index contributed by atoms with van der Waals surface area (Å²) in [6, 6.07) is 22.0. The topological polar surface area (TPSA) is 95.6 Å². The number of benzene rings is 4. The van der Waals surface area contributed by atoms with Gasteiger partial charge in [0.15, 0.2) is 6.23 Å². The third-order valence-electron chi connectivity index (χ3n) is 8.36. The van der Waals surface area contributed by atoms with E-state index in [2.05, 4.69) is 20.4 Å². The Morgan fingerprint density at radius 3 is 2.07 bits per heavy atom. The van der Waals surface area contributed by atoms with Gasteiger partial charge < -0.3 is 34.6 Å². The number of carbonyl (C=O) groups excluding carboxylic acids is 2. The Labute approximate surface area is 331 Å². The molecule has 12 heteroatoms. The molecule has 292 valence electrons. The van der Waals surface area contributed by atoms with Crippen molar-refractivity contribution < 1.29 is 23.8 Å². The second-order valence-electron chi connectivity index (χ2n) is 13.1. The highest BCUT2D eigenvalue weighted by Gasteiger charge is 2.37. The highest BCUT2D eigenvalue weighted by atomic mass is 35.5. The van der Waals surface area contributed by atoms with Crippen molar-refractivity contribution in [3.8, 4) is 17.2 Å². The van der Waals surface area contributed by atoms with Crippen LogP contribution in [0.1, 0.15) is 59.5 Å². The fraction of sp³-hybridized carbons (Fsp3) is 0.381. The first-order chi connectivity index (χ1) is 25.3. The van der Waals surface area contributed by atoms with Gasteiger partial charge in [0, 0.05) is 47.5 Å². The van der Waals surface area contributed by atoms with Gasteiger partial charge in [-0.3, -0.25) is 14.5 Å². The standard InChI is InChI=1S/C21H25ClN2O3.C20H26ClN3O2.CH4/c1-5-26-17-7-6-8-18-20(17)21(25)24(19(27-18)11-12-23(3)4)15-9-10-16(22)14(2)13-15;1-5-26-18-8-6-7-17(22-11-12-24(3)4)19(18)20(25)23-15-9-10-16(21)14(2)13-15;/h6-10,13,19H,5,11-12H2,1-4H3;6-10,13,22H,5,11-12H2,1-4H3,(H,23,25);1H4. The van der Waals surface area contributed by atoms with Gasteiger partial charge >= 0.3 is 0 Å². The SMILES string of the molecule is C.CCOc1cccc(NCCN(C)C)c1C(=O)Nc1ccc(Cl)c(C)c1.CCOc1cccc2c1C(=O)N(c1ccc(Cl)c(C)c1)C(CCN(C)C)O2. The summed E-state index contributed by atoms with van der Waals surface area (Å²) in [5.74, 6) is 1.33. The summed E-state index contributed by atoms with van der Waals surface area (Å²) in [6.07, 6.45) is 0.281. The molecule has 1 aliphatic heterocycles. The fourth-order valence-electron chi connectivity index (χ4n) is 5.68. The van der Waals surface area contributed by atoms with Crippen molar-refractivity contribution in [2.45, 2.75) is 47.8 Å². The number of amides is 2. The lowest BCUT2D eigenvalue weighted by Gasteiger charge is -2.38. The van der Waals surface area contributed by atoms with Gasteiger partial charge in [-0.05, 0) is 128 Å². The normalized spacial score (nSPS) is 13.3. The maximum absolute atomic E-state index is 13.5. The van der Waals surface area contributed by atoms with E-state index < -0.39 is 6.23 Å². The molecule has 0 aliphatic carbocycles. The highest BCUT2D eigenvalue weighted by Crippen LogP contribution is 2.38. The van der Waals surface area contributed by atoms with Crippen LogP contribution in [-0.4, -0.2) is 88.9 Å². The third kappa shape index (κ3) is 11.5. The summed E-state index contributed by atoms with van der Waals surface area (Å²) in [5.41, 5.74) is 5.00. The van der Waals surface area contributed by atoms with Crippen molar-refractivity contribution in [1.82, 2.24) is 9.80 Å². The lowest BCUT2D eigenvalue weighted by Crippen LogP contribution is -2.49. The molecule has 4 aromatic carbocycles. The van der Waals surface area contributed by atoms with Gasteiger partial charge in [0.25, 0.3) is 11.8 Å². The maximum atomic E-state index is 13.5. The van der Waals surface area contributed by atoms with Crippen molar-refractivity contribution in [2.24, 2.45) is 0 Å². The highest BCUT2D eigenvalue weighted by molar-refractivity contribution is 6.31. The zero-order chi connectivity index (χ0) is 38.7. The van der Waals surface area contributed by atoms with E-state index in [-0.39, 0.29) is 19.2 Å². The van der Waals surface area contributed by atoms with Crippen molar-refractivity contribution in [3.05, 3.63) is 105 Å². The average Bonchev–Trinajstić information content (AvgIpc) is 3.11. The summed E-state index contributed by atoms with van der Waals surface area (Å²) in [7, 11) is 8.02. The number of nitrogens with zero attached hydrogens (tertiary/aromatic N) is 3. The molecule has 0 saturated heterocycles. The average molecular weight is 781 g/mol. The number of anilines is 3. The van der Waals surface area contributed by atoms with Gasteiger partial charge in [-0.1, -0.05) is 42.8 Å². The summed E-state index contributed by atoms with van der Waals surface area (Å²) in [6.45, 7) is 11.0. The van der Waals surface area contributed by atoms with Crippen LogP contribution in [0.5, 0.6) is 17.2 Å². The first kappa shape index (κ1) is 43.9. The van der Waals surface area contributed by atoms with Crippen LogP contribution in [0.4, 0.5) is 17.1 Å². The minimum Gasteiger partial charge on any atom is -0.493 e. The lowest BCUT2D eigenvalue weighted by molar-refractivity contribution is 0.0827. The number of aryl methyl sites for hydroxylation is 2. The van der Waals surface area contributed by atoms with Crippen LogP contribution < -0.4 is 29.7 Å². The predicted octanol–water partition coefficient (Wildman–Crippen LogP) is 9.27. The minimum atomic E-state index is -0.398. The number of carbonyl (C=O) groups is 2. The van der Waals surface area contributed by atoms with E-state index in [9.17, 15) is 9.59 Å². The molecule has 0 saturated carbocycles. The van der Waals surface area contributed by atoms with E-state index in [0.29, 0.717) is 63.7 Å². The number of hydrogen-bond donors (Lipinski definition) is 2. The Balaban J connectivity index is 0.000000285. The summed E-state index contributed by atoms with van der Waals surface area (Å²) in [5, 5.41) is 7.60. The smallest absolute Gasteiger partial charge is 0.268 e. The maximum Gasteiger partial charge on any atom is 0.268 e. The van der Waals surface area contributed by atoms with Crippen LogP contribution >= 0.6 is 23.2 Å². The molecule has 0 fully saturated rings. The van der Waals surface area contributed by atoms with Crippen LogP contribution in [-0.2, 0) is 0 Å². The molecule has 4 aromatic rings. The second kappa shape index (κ2) is 20.8. The largest absolute Gasteiger partial charge is 0.493 e. The van der Waals surface area contributed by atoms with Crippen molar-refractivity contribution in [2.75, 3.05) is 76.6 Å². The van der Waals surface area contributed by atoms with E-state index in [1.54, 1.807) is 23.1 Å². The van der Waals surface area contributed by atoms with Gasteiger partial charge in [-0.25, -0.2) is 0 Å². The molecule has 0 aromatic heterocycles. The molecule has 1 unspecified atom stereocenters. The molecular formula is C42H55Cl2N5O5. The monoisotopic (exact) mass is 779 g/mol. The van der Waals surface area contributed by atoms with Gasteiger partial charge in [-0.2, -0.15) is 0 Å². The van der Waals surface area contributed by atoms with E-state index in [1.165, 1.54) is 0 Å². The molecule has 1 atom stereocenters. The Kier molecular flexibility index (Phi) is 16.9. The van der Waals surface area contributed by atoms with E-state index >= 15 is 0 Å². The van der Waals surface area contributed by atoms with Crippen LogP contribution in [0.3, 0.4) is 0 Å². The van der Waals surface area contributed by atoms with Crippen molar-refractivity contribution in [1.29, 1.82) is 0 Å². The fourth-order valence-corrected chi connectivity index (χ4v) is 5.92. The second-order valence-corrected chi connectivity index (χ2v) is 13.9. The Bertz CT molecular complexity index is 1870. The predicted molar refractivity (Wildman–Crippen MR) is 224 cm³/mol. The first-order valence-electron chi connectivity index (χ1n) is 17.7. The van der Waals surface area contributed by atoms with Crippen LogP contribution in [0, 0.1) is 13.8 Å². The molecule has 0 spiro atoms. The van der Waals surface area contributed by atoms with E-state index in [1.807, 2.05) is 110 Å². The van der Waals surface area contributed by atoms with Crippen LogP contribution in [0.25, 0.3) is 0 Å². The summed E-state index contributed by atoms with van der Waals surface area (Å²) < 4.78 is 17.6. The molecule has 54 heavy (non-hydrogen) atoms. The third-order valence-corrected chi connectivity index (χ3v) is 9.21. The Morgan fingerprint density at radius 2 is 1.44 bits per heavy atom. The zero-order valence-corrected chi connectivity index (χ0v) is 33.4. The molecule has 2 N–H and O–H groups in total. The quantitative estimate of drug-likeness (QED) is 0.131. The number of ether oxygens (including phenoxy) is 3. The number of nitrogens with one attached hydrogen (secondary N) is 2. The lowest BCUT2D eigenvalue weighted by atomic mass is 10.1. The van der Waals surface area contributed by atoms with E-state index in [4.69, 9.17) is 37.4 Å².